The van der Waals surface area contributed by atoms with E-state index in [9.17, 15) is 9.59 Å². The molecule has 0 aliphatic carbocycles. The second-order valence-electron chi connectivity index (χ2n) is 5.72. The Hall–Kier alpha value is -2.33. The first-order chi connectivity index (χ1) is 11.4. The number of hydrogen-bond donors (Lipinski definition) is 1. The Morgan fingerprint density at radius 2 is 1.83 bits per heavy atom. The summed E-state index contributed by atoms with van der Waals surface area (Å²) in [5.74, 6) is -0.244. The van der Waals surface area contributed by atoms with Crippen molar-refractivity contribution in [2.24, 2.45) is 0 Å². The summed E-state index contributed by atoms with van der Waals surface area (Å²) < 4.78 is 0. The third-order valence-corrected chi connectivity index (χ3v) is 4.21. The number of aryl methyl sites for hydroxylation is 1. The summed E-state index contributed by atoms with van der Waals surface area (Å²) >= 11 is 6.06. The minimum Gasteiger partial charge on any atom is -0.326 e. The lowest BCUT2D eigenvalue weighted by molar-refractivity contribution is -0.117. The molecule has 126 valence electrons. The highest BCUT2D eigenvalue weighted by molar-refractivity contribution is 6.31. The van der Waals surface area contributed by atoms with Crippen molar-refractivity contribution in [2.75, 3.05) is 16.8 Å². The molecule has 24 heavy (non-hydrogen) atoms. The summed E-state index contributed by atoms with van der Waals surface area (Å²) in [6, 6.07) is 13.0. The quantitative estimate of drug-likeness (QED) is 0.877. The van der Waals surface area contributed by atoms with Crippen molar-refractivity contribution in [2.45, 2.75) is 27.2 Å². The van der Waals surface area contributed by atoms with Gasteiger partial charge in [-0.25, -0.2) is 0 Å². The van der Waals surface area contributed by atoms with Gasteiger partial charge in [-0.3, -0.25) is 9.59 Å². The van der Waals surface area contributed by atoms with Crippen LogP contribution in [0.5, 0.6) is 0 Å². The molecule has 0 aromatic heterocycles. The average molecular weight is 345 g/mol. The zero-order chi connectivity index (χ0) is 17.7. The molecule has 2 rings (SSSR count). The van der Waals surface area contributed by atoms with Crippen LogP contribution in [0.1, 0.15) is 24.5 Å². The average Bonchev–Trinajstić information content (AvgIpc) is 2.52. The van der Waals surface area contributed by atoms with Crippen molar-refractivity contribution in [1.29, 1.82) is 0 Å². The van der Waals surface area contributed by atoms with Gasteiger partial charge in [0.05, 0.1) is 0 Å². The molecule has 0 aliphatic rings. The van der Waals surface area contributed by atoms with E-state index in [1.165, 1.54) is 6.92 Å². The number of halogens is 1. The Balaban J connectivity index is 2.03. The van der Waals surface area contributed by atoms with E-state index < -0.39 is 0 Å². The normalized spacial score (nSPS) is 10.3. The smallest absolute Gasteiger partial charge is 0.226 e. The van der Waals surface area contributed by atoms with Gasteiger partial charge in [-0.15, -0.1) is 0 Å². The number of anilines is 2. The summed E-state index contributed by atoms with van der Waals surface area (Å²) in [7, 11) is 0. The fraction of sp³-hybridized carbons (Fsp3) is 0.263. The molecule has 2 aromatic carbocycles. The highest BCUT2D eigenvalue weighted by Gasteiger charge is 2.14. The Kier molecular flexibility index (Phi) is 5.99. The van der Waals surface area contributed by atoms with Crippen molar-refractivity contribution in [1.82, 2.24) is 0 Å². The van der Waals surface area contributed by atoms with Crippen LogP contribution >= 0.6 is 11.6 Å². The zero-order valence-corrected chi connectivity index (χ0v) is 14.9. The van der Waals surface area contributed by atoms with Gasteiger partial charge >= 0.3 is 0 Å². The standard InChI is InChI=1S/C19H21ClN2O2/c1-13-6-4-7-16(12-13)22(15(3)23)11-10-19(24)21-18-9-5-8-17(20)14(18)2/h4-9,12H,10-11H2,1-3H3,(H,21,24). The number of nitrogens with one attached hydrogen (secondary N) is 1. The van der Waals surface area contributed by atoms with Crippen LogP contribution in [0.4, 0.5) is 11.4 Å². The van der Waals surface area contributed by atoms with Crippen LogP contribution in [0.2, 0.25) is 5.02 Å². The van der Waals surface area contributed by atoms with Crippen LogP contribution in [0.3, 0.4) is 0 Å². The molecule has 1 N–H and O–H groups in total. The number of amides is 2. The SMILES string of the molecule is CC(=O)N(CCC(=O)Nc1cccc(Cl)c1C)c1cccc(C)c1. The van der Waals surface area contributed by atoms with E-state index in [2.05, 4.69) is 5.32 Å². The minimum atomic E-state index is -0.153. The molecule has 2 aromatic rings. The van der Waals surface area contributed by atoms with Crippen LogP contribution in [0.25, 0.3) is 0 Å². The molecule has 0 aliphatic heterocycles. The first-order valence-corrected chi connectivity index (χ1v) is 8.16. The van der Waals surface area contributed by atoms with E-state index in [1.807, 2.05) is 44.2 Å². The van der Waals surface area contributed by atoms with Gasteiger partial charge in [0.25, 0.3) is 0 Å². The molecule has 5 heteroatoms. The predicted octanol–water partition coefficient (Wildman–Crippen LogP) is 4.34. The van der Waals surface area contributed by atoms with Crippen molar-refractivity contribution in [3.8, 4) is 0 Å². The highest BCUT2D eigenvalue weighted by atomic mass is 35.5. The molecule has 0 heterocycles. The molecule has 0 saturated carbocycles. The first-order valence-electron chi connectivity index (χ1n) is 7.78. The second-order valence-corrected chi connectivity index (χ2v) is 6.13. The molecule has 0 atom stereocenters. The summed E-state index contributed by atoms with van der Waals surface area (Å²) in [5.41, 5.74) is 3.39. The van der Waals surface area contributed by atoms with Crippen molar-refractivity contribution in [3.63, 3.8) is 0 Å². The number of nitrogens with zero attached hydrogens (tertiary/aromatic N) is 1. The van der Waals surface area contributed by atoms with Crippen molar-refractivity contribution in [3.05, 3.63) is 58.6 Å². The molecule has 0 fully saturated rings. The van der Waals surface area contributed by atoms with E-state index in [1.54, 1.807) is 17.0 Å². The van der Waals surface area contributed by atoms with Crippen LogP contribution in [-0.2, 0) is 9.59 Å². The van der Waals surface area contributed by atoms with E-state index in [0.29, 0.717) is 17.3 Å². The highest BCUT2D eigenvalue weighted by Crippen LogP contribution is 2.23. The van der Waals surface area contributed by atoms with Crippen LogP contribution < -0.4 is 10.2 Å². The molecule has 4 nitrogen and oxygen atoms in total. The fourth-order valence-electron chi connectivity index (χ4n) is 2.43. The number of rotatable bonds is 5. The van der Waals surface area contributed by atoms with Crippen molar-refractivity contribution < 1.29 is 9.59 Å². The Labute approximate surface area is 147 Å². The van der Waals surface area contributed by atoms with Gasteiger partial charge < -0.3 is 10.2 Å². The molecule has 2 amide bonds. The number of benzene rings is 2. The van der Waals surface area contributed by atoms with Gasteiger partial charge in [-0.2, -0.15) is 0 Å². The second kappa shape index (κ2) is 7.97. The summed E-state index contributed by atoms with van der Waals surface area (Å²) in [6.07, 6.45) is 0.208. The van der Waals surface area contributed by atoms with Gasteiger partial charge in [0.1, 0.15) is 0 Å². The Morgan fingerprint density at radius 3 is 2.50 bits per heavy atom. The maximum atomic E-state index is 12.2. The van der Waals surface area contributed by atoms with Crippen LogP contribution in [0, 0.1) is 13.8 Å². The topological polar surface area (TPSA) is 49.4 Å². The summed E-state index contributed by atoms with van der Waals surface area (Å²) in [5, 5.41) is 3.46. The lowest BCUT2D eigenvalue weighted by Gasteiger charge is -2.21. The number of hydrogen-bond acceptors (Lipinski definition) is 2. The lowest BCUT2D eigenvalue weighted by Crippen LogP contribution is -2.32. The van der Waals surface area contributed by atoms with Gasteiger partial charge in [-0.05, 0) is 49.2 Å². The fourth-order valence-corrected chi connectivity index (χ4v) is 2.61. The van der Waals surface area contributed by atoms with E-state index in [-0.39, 0.29) is 18.2 Å². The lowest BCUT2D eigenvalue weighted by atomic mass is 10.2. The monoisotopic (exact) mass is 344 g/mol. The number of carbonyl (C=O) groups is 2. The van der Waals surface area contributed by atoms with E-state index in [0.717, 1.165) is 16.8 Å². The molecular weight excluding hydrogens is 324 g/mol. The van der Waals surface area contributed by atoms with Crippen molar-refractivity contribution >= 4 is 34.8 Å². The largest absolute Gasteiger partial charge is 0.326 e. The van der Waals surface area contributed by atoms with Gasteiger partial charge in [0, 0.05) is 36.3 Å². The number of carbonyl (C=O) groups excluding carboxylic acids is 2. The maximum Gasteiger partial charge on any atom is 0.226 e. The van der Waals surface area contributed by atoms with E-state index >= 15 is 0 Å². The summed E-state index contributed by atoms with van der Waals surface area (Å²) in [6.45, 7) is 5.65. The molecule has 0 saturated heterocycles. The Morgan fingerprint density at radius 1 is 1.12 bits per heavy atom. The predicted molar refractivity (Wildman–Crippen MR) is 98.6 cm³/mol. The zero-order valence-electron chi connectivity index (χ0n) is 14.1. The molecule has 0 unspecified atom stereocenters. The van der Waals surface area contributed by atoms with Crippen LogP contribution in [0.15, 0.2) is 42.5 Å². The van der Waals surface area contributed by atoms with Crippen LogP contribution in [-0.4, -0.2) is 18.4 Å². The van der Waals surface area contributed by atoms with Gasteiger partial charge in [0.15, 0.2) is 0 Å². The molecular formula is C19H21ClN2O2. The van der Waals surface area contributed by atoms with E-state index in [4.69, 9.17) is 11.6 Å². The van der Waals surface area contributed by atoms with Gasteiger partial charge in [0.2, 0.25) is 11.8 Å². The summed E-state index contributed by atoms with van der Waals surface area (Å²) in [4.78, 5) is 25.7. The Bertz CT molecular complexity index is 759. The first kappa shape index (κ1) is 18.0. The minimum absolute atomic E-state index is 0.0904. The third-order valence-electron chi connectivity index (χ3n) is 3.80. The third kappa shape index (κ3) is 4.59. The maximum absolute atomic E-state index is 12.2. The molecule has 0 radical (unpaired) electrons. The molecule has 0 spiro atoms. The molecule has 0 bridgehead atoms. The van der Waals surface area contributed by atoms with Gasteiger partial charge in [-0.1, -0.05) is 29.8 Å².